The minimum atomic E-state index is -0.525. The molecular formula is C15H13BrFNO. The third-order valence-electron chi connectivity index (χ3n) is 2.82. The van der Waals surface area contributed by atoms with E-state index in [-0.39, 0.29) is 11.3 Å². The molecule has 0 spiro atoms. The predicted molar refractivity (Wildman–Crippen MR) is 78.3 cm³/mol. The highest BCUT2D eigenvalue weighted by atomic mass is 79.9. The summed E-state index contributed by atoms with van der Waals surface area (Å²) in [6.45, 7) is 0. The van der Waals surface area contributed by atoms with E-state index >= 15 is 0 Å². The van der Waals surface area contributed by atoms with Gasteiger partial charge in [0, 0.05) is 25.3 Å². The molecule has 0 N–H and O–H groups in total. The van der Waals surface area contributed by atoms with Gasteiger partial charge in [-0.15, -0.1) is 0 Å². The SMILES string of the molecule is CN(C)c1cccc(C(=O)c2cccc(Br)c2F)c1. The zero-order valence-electron chi connectivity index (χ0n) is 10.7. The fraction of sp³-hybridized carbons (Fsp3) is 0.133. The molecule has 2 rings (SSSR count). The van der Waals surface area contributed by atoms with E-state index in [4.69, 9.17) is 0 Å². The molecule has 0 saturated heterocycles. The Balaban J connectivity index is 2.44. The number of anilines is 1. The minimum Gasteiger partial charge on any atom is -0.378 e. The molecule has 0 radical (unpaired) electrons. The summed E-state index contributed by atoms with van der Waals surface area (Å²) in [7, 11) is 3.78. The highest BCUT2D eigenvalue weighted by Crippen LogP contribution is 2.22. The molecule has 0 heterocycles. The van der Waals surface area contributed by atoms with Crippen LogP contribution in [0.3, 0.4) is 0 Å². The van der Waals surface area contributed by atoms with Crippen molar-refractivity contribution >= 4 is 27.4 Å². The average molecular weight is 322 g/mol. The van der Waals surface area contributed by atoms with E-state index < -0.39 is 5.82 Å². The second-order valence-corrected chi connectivity index (χ2v) is 5.23. The van der Waals surface area contributed by atoms with Gasteiger partial charge in [0.25, 0.3) is 0 Å². The first-order valence-electron chi connectivity index (χ1n) is 5.77. The molecule has 0 amide bonds. The molecule has 0 aromatic heterocycles. The molecule has 2 nitrogen and oxygen atoms in total. The molecule has 0 saturated carbocycles. The van der Waals surface area contributed by atoms with Crippen molar-refractivity contribution in [3.63, 3.8) is 0 Å². The maximum atomic E-state index is 13.9. The summed E-state index contributed by atoms with van der Waals surface area (Å²) in [5.41, 5.74) is 1.45. The van der Waals surface area contributed by atoms with Crippen LogP contribution in [0.1, 0.15) is 15.9 Å². The van der Waals surface area contributed by atoms with Gasteiger partial charge in [0.05, 0.1) is 10.0 Å². The molecule has 4 heteroatoms. The van der Waals surface area contributed by atoms with Gasteiger partial charge < -0.3 is 4.90 Å². The van der Waals surface area contributed by atoms with Gasteiger partial charge in [-0.1, -0.05) is 18.2 Å². The van der Waals surface area contributed by atoms with E-state index in [2.05, 4.69) is 15.9 Å². The van der Waals surface area contributed by atoms with Crippen molar-refractivity contribution < 1.29 is 9.18 Å². The highest BCUT2D eigenvalue weighted by Gasteiger charge is 2.16. The fourth-order valence-electron chi connectivity index (χ4n) is 1.76. The van der Waals surface area contributed by atoms with Gasteiger partial charge in [-0.25, -0.2) is 4.39 Å². The Kier molecular flexibility index (Phi) is 4.00. The molecule has 98 valence electrons. The lowest BCUT2D eigenvalue weighted by molar-refractivity contribution is 0.103. The third kappa shape index (κ3) is 2.84. The number of carbonyl (C=O) groups excluding carboxylic acids is 1. The monoisotopic (exact) mass is 321 g/mol. The number of carbonyl (C=O) groups is 1. The molecule has 2 aromatic carbocycles. The van der Waals surface area contributed by atoms with Crippen molar-refractivity contribution in [1.29, 1.82) is 0 Å². The summed E-state index contributed by atoms with van der Waals surface area (Å²) < 4.78 is 14.2. The van der Waals surface area contributed by atoms with E-state index in [9.17, 15) is 9.18 Å². The quantitative estimate of drug-likeness (QED) is 0.799. The van der Waals surface area contributed by atoms with Crippen LogP contribution in [0, 0.1) is 5.82 Å². The van der Waals surface area contributed by atoms with E-state index in [0.717, 1.165) is 5.69 Å². The van der Waals surface area contributed by atoms with Crippen LogP contribution < -0.4 is 4.90 Å². The van der Waals surface area contributed by atoms with Gasteiger partial charge in [0.15, 0.2) is 5.78 Å². The summed E-state index contributed by atoms with van der Waals surface area (Å²) in [6, 6.07) is 11.8. The second-order valence-electron chi connectivity index (χ2n) is 4.38. The highest BCUT2D eigenvalue weighted by molar-refractivity contribution is 9.10. The summed E-state index contributed by atoms with van der Waals surface area (Å²) in [5.74, 6) is -0.842. The molecule has 2 aromatic rings. The minimum absolute atomic E-state index is 0.0743. The van der Waals surface area contributed by atoms with E-state index in [1.165, 1.54) is 6.07 Å². The maximum Gasteiger partial charge on any atom is 0.196 e. The number of nitrogens with zero attached hydrogens (tertiary/aromatic N) is 1. The topological polar surface area (TPSA) is 20.3 Å². The first kappa shape index (κ1) is 13.7. The van der Waals surface area contributed by atoms with Crippen LogP contribution in [-0.4, -0.2) is 19.9 Å². The van der Waals surface area contributed by atoms with Crippen molar-refractivity contribution in [2.45, 2.75) is 0 Å². The van der Waals surface area contributed by atoms with Crippen LogP contribution in [0.5, 0.6) is 0 Å². The molecule has 0 fully saturated rings. The van der Waals surface area contributed by atoms with Crippen LogP contribution in [0.2, 0.25) is 0 Å². The van der Waals surface area contributed by atoms with Gasteiger partial charge in [0.2, 0.25) is 0 Å². The Labute approximate surface area is 120 Å². The number of rotatable bonds is 3. The normalized spacial score (nSPS) is 10.3. The second kappa shape index (κ2) is 5.53. The fourth-order valence-corrected chi connectivity index (χ4v) is 2.13. The molecule has 0 aliphatic rings. The zero-order valence-corrected chi connectivity index (χ0v) is 12.2. The van der Waals surface area contributed by atoms with Crippen LogP contribution in [0.15, 0.2) is 46.9 Å². The zero-order chi connectivity index (χ0) is 14.0. The first-order chi connectivity index (χ1) is 9.00. The lowest BCUT2D eigenvalue weighted by Crippen LogP contribution is -2.10. The average Bonchev–Trinajstić information content (AvgIpc) is 2.41. The first-order valence-corrected chi connectivity index (χ1v) is 6.56. The molecule has 0 bridgehead atoms. The van der Waals surface area contributed by atoms with Crippen molar-refractivity contribution in [2.75, 3.05) is 19.0 Å². The Hall–Kier alpha value is -1.68. The van der Waals surface area contributed by atoms with Crippen LogP contribution in [0.25, 0.3) is 0 Å². The molecule has 0 aliphatic heterocycles. The number of ketones is 1. The van der Waals surface area contributed by atoms with Gasteiger partial charge in [-0.3, -0.25) is 4.79 Å². The predicted octanol–water partition coefficient (Wildman–Crippen LogP) is 3.89. The van der Waals surface area contributed by atoms with Crippen molar-refractivity contribution in [1.82, 2.24) is 0 Å². The Bertz CT molecular complexity index is 625. The van der Waals surface area contributed by atoms with E-state index in [1.807, 2.05) is 25.1 Å². The molecule has 19 heavy (non-hydrogen) atoms. The molecule has 0 aliphatic carbocycles. The largest absolute Gasteiger partial charge is 0.378 e. The Morgan fingerprint density at radius 2 is 1.84 bits per heavy atom. The van der Waals surface area contributed by atoms with E-state index in [1.54, 1.807) is 30.3 Å². The smallest absolute Gasteiger partial charge is 0.196 e. The van der Waals surface area contributed by atoms with Gasteiger partial charge in [-0.05, 0) is 40.2 Å². The molecule has 0 atom stereocenters. The lowest BCUT2D eigenvalue weighted by atomic mass is 10.0. The summed E-state index contributed by atoms with van der Waals surface area (Å²) in [5, 5.41) is 0. The lowest BCUT2D eigenvalue weighted by Gasteiger charge is -2.13. The summed E-state index contributed by atoms with van der Waals surface area (Å²) in [6.07, 6.45) is 0. The number of benzene rings is 2. The molecular weight excluding hydrogens is 309 g/mol. The van der Waals surface area contributed by atoms with Crippen LogP contribution >= 0.6 is 15.9 Å². The number of halogens is 2. The molecule has 0 unspecified atom stereocenters. The number of hydrogen-bond acceptors (Lipinski definition) is 2. The van der Waals surface area contributed by atoms with Gasteiger partial charge in [0.1, 0.15) is 5.82 Å². The van der Waals surface area contributed by atoms with Gasteiger partial charge in [-0.2, -0.15) is 0 Å². The van der Waals surface area contributed by atoms with Crippen LogP contribution in [0.4, 0.5) is 10.1 Å². The third-order valence-corrected chi connectivity index (χ3v) is 3.43. The van der Waals surface area contributed by atoms with E-state index in [0.29, 0.717) is 10.0 Å². The van der Waals surface area contributed by atoms with Crippen molar-refractivity contribution in [3.8, 4) is 0 Å². The Morgan fingerprint density at radius 1 is 1.16 bits per heavy atom. The maximum absolute atomic E-state index is 13.9. The Morgan fingerprint density at radius 3 is 2.53 bits per heavy atom. The van der Waals surface area contributed by atoms with Crippen molar-refractivity contribution in [2.24, 2.45) is 0 Å². The van der Waals surface area contributed by atoms with Crippen LogP contribution in [-0.2, 0) is 0 Å². The van der Waals surface area contributed by atoms with Crippen molar-refractivity contribution in [3.05, 3.63) is 63.9 Å². The standard InChI is InChI=1S/C15H13BrFNO/c1-18(2)11-6-3-5-10(9-11)15(19)12-7-4-8-13(16)14(12)17/h3-9H,1-2H3. The summed E-state index contributed by atoms with van der Waals surface area (Å²) >= 11 is 3.09. The number of hydrogen-bond donors (Lipinski definition) is 0. The summed E-state index contributed by atoms with van der Waals surface area (Å²) in [4.78, 5) is 14.2. The van der Waals surface area contributed by atoms with Gasteiger partial charge >= 0.3 is 0 Å².